The lowest BCUT2D eigenvalue weighted by Gasteiger charge is -2.35. The Morgan fingerprint density at radius 1 is 1.00 bits per heavy atom. The van der Waals surface area contributed by atoms with Gasteiger partial charge in [-0.1, -0.05) is 17.7 Å². The predicted molar refractivity (Wildman–Crippen MR) is 113 cm³/mol. The second-order valence-electron chi connectivity index (χ2n) is 7.30. The van der Waals surface area contributed by atoms with Crippen molar-refractivity contribution in [2.24, 2.45) is 0 Å². The van der Waals surface area contributed by atoms with Crippen LogP contribution in [-0.4, -0.2) is 56.9 Å². The number of nitrogens with zero attached hydrogens (tertiary/aromatic N) is 6. The lowest BCUT2D eigenvalue weighted by molar-refractivity contribution is 0.208. The van der Waals surface area contributed by atoms with Crippen molar-refractivity contribution in [1.29, 1.82) is 0 Å². The first-order valence-electron chi connectivity index (χ1n) is 9.73. The average Bonchev–Trinajstić information content (AvgIpc) is 3.25. The van der Waals surface area contributed by atoms with Gasteiger partial charge < -0.3 is 15.1 Å². The number of aromatic nitrogens is 4. The quantitative estimate of drug-likeness (QED) is 0.743. The second kappa shape index (κ2) is 7.90. The van der Waals surface area contributed by atoms with Gasteiger partial charge >= 0.3 is 6.03 Å². The summed E-state index contributed by atoms with van der Waals surface area (Å²) in [5, 5.41) is 7.28. The van der Waals surface area contributed by atoms with Crippen molar-refractivity contribution < 1.29 is 4.79 Å². The minimum Gasteiger partial charge on any atom is -0.353 e. The highest BCUT2D eigenvalue weighted by atomic mass is 16.2. The van der Waals surface area contributed by atoms with Crippen molar-refractivity contribution in [2.45, 2.75) is 20.8 Å². The zero-order valence-corrected chi connectivity index (χ0v) is 17.0. The summed E-state index contributed by atoms with van der Waals surface area (Å²) < 4.78 is 1.73. The van der Waals surface area contributed by atoms with E-state index >= 15 is 0 Å². The van der Waals surface area contributed by atoms with Crippen molar-refractivity contribution >= 4 is 17.5 Å². The minimum atomic E-state index is -0.0623. The standard InChI is InChI=1S/C21H25N7O/c1-15-5-6-18(16(2)13-15)25-21(29)27-11-9-26(10-12-27)19-14-20(24-17(3)23-19)28-8-4-7-22-28/h4-8,13-14H,9-12H2,1-3H3,(H,25,29). The van der Waals surface area contributed by atoms with E-state index in [1.807, 2.05) is 56.1 Å². The van der Waals surface area contributed by atoms with Gasteiger partial charge in [-0.25, -0.2) is 19.4 Å². The molecule has 0 bridgehead atoms. The van der Waals surface area contributed by atoms with E-state index in [1.165, 1.54) is 5.56 Å². The van der Waals surface area contributed by atoms with Crippen LogP contribution in [0.5, 0.6) is 0 Å². The molecule has 4 rings (SSSR count). The molecule has 0 spiro atoms. The molecule has 0 atom stereocenters. The van der Waals surface area contributed by atoms with E-state index in [2.05, 4.69) is 31.3 Å². The van der Waals surface area contributed by atoms with Crippen molar-refractivity contribution in [2.75, 3.05) is 36.4 Å². The number of anilines is 2. The van der Waals surface area contributed by atoms with Gasteiger partial charge in [0.05, 0.1) is 0 Å². The normalized spacial score (nSPS) is 14.2. The van der Waals surface area contributed by atoms with E-state index < -0.39 is 0 Å². The molecule has 2 aromatic heterocycles. The van der Waals surface area contributed by atoms with Gasteiger partial charge in [0.25, 0.3) is 0 Å². The van der Waals surface area contributed by atoms with Crippen LogP contribution >= 0.6 is 0 Å². The van der Waals surface area contributed by atoms with Gasteiger partial charge in [0, 0.05) is 50.3 Å². The lowest BCUT2D eigenvalue weighted by Crippen LogP contribution is -2.50. The van der Waals surface area contributed by atoms with Crippen LogP contribution in [0.3, 0.4) is 0 Å². The Hall–Kier alpha value is -3.42. The lowest BCUT2D eigenvalue weighted by atomic mass is 10.1. The Kier molecular flexibility index (Phi) is 5.16. The zero-order chi connectivity index (χ0) is 20.4. The molecular weight excluding hydrogens is 366 g/mol. The van der Waals surface area contributed by atoms with E-state index in [0.717, 1.165) is 36.0 Å². The van der Waals surface area contributed by atoms with E-state index in [9.17, 15) is 4.79 Å². The fourth-order valence-corrected chi connectivity index (χ4v) is 3.51. The molecule has 0 aliphatic carbocycles. The summed E-state index contributed by atoms with van der Waals surface area (Å²) in [6.07, 6.45) is 3.59. The van der Waals surface area contributed by atoms with Crippen molar-refractivity contribution in [3.05, 3.63) is 59.7 Å². The molecule has 1 aliphatic rings. The van der Waals surface area contributed by atoms with Crippen LogP contribution in [0, 0.1) is 20.8 Å². The summed E-state index contributed by atoms with van der Waals surface area (Å²) >= 11 is 0. The van der Waals surface area contributed by atoms with Crippen LogP contribution in [0.1, 0.15) is 17.0 Å². The highest BCUT2D eigenvalue weighted by Crippen LogP contribution is 2.19. The van der Waals surface area contributed by atoms with Crippen LogP contribution in [0.2, 0.25) is 0 Å². The highest BCUT2D eigenvalue weighted by Gasteiger charge is 2.23. The Labute approximate surface area is 170 Å². The second-order valence-corrected chi connectivity index (χ2v) is 7.30. The Morgan fingerprint density at radius 3 is 2.45 bits per heavy atom. The molecule has 1 aromatic carbocycles. The van der Waals surface area contributed by atoms with Crippen LogP contribution in [0.4, 0.5) is 16.3 Å². The largest absolute Gasteiger partial charge is 0.353 e. The monoisotopic (exact) mass is 391 g/mol. The molecular formula is C21H25N7O. The molecule has 0 unspecified atom stereocenters. The summed E-state index contributed by atoms with van der Waals surface area (Å²) in [7, 11) is 0. The molecule has 1 N–H and O–H groups in total. The van der Waals surface area contributed by atoms with Crippen molar-refractivity contribution in [3.8, 4) is 5.82 Å². The molecule has 1 fully saturated rings. The van der Waals surface area contributed by atoms with Gasteiger partial charge in [-0.3, -0.25) is 0 Å². The highest BCUT2D eigenvalue weighted by molar-refractivity contribution is 5.90. The Balaban J connectivity index is 1.41. The van der Waals surface area contributed by atoms with E-state index in [0.29, 0.717) is 18.9 Å². The summed E-state index contributed by atoms with van der Waals surface area (Å²) in [6, 6.07) is 9.78. The summed E-state index contributed by atoms with van der Waals surface area (Å²) in [5.41, 5.74) is 3.11. The molecule has 2 amide bonds. The first-order chi connectivity index (χ1) is 14.0. The van der Waals surface area contributed by atoms with E-state index in [1.54, 1.807) is 10.9 Å². The summed E-state index contributed by atoms with van der Waals surface area (Å²) in [5.74, 6) is 2.30. The molecule has 150 valence electrons. The first kappa shape index (κ1) is 18.9. The number of carbonyl (C=O) groups is 1. The summed E-state index contributed by atoms with van der Waals surface area (Å²) in [4.78, 5) is 25.7. The topological polar surface area (TPSA) is 79.2 Å². The van der Waals surface area contributed by atoms with E-state index in [-0.39, 0.29) is 6.03 Å². The summed E-state index contributed by atoms with van der Waals surface area (Å²) in [6.45, 7) is 8.64. The Bertz CT molecular complexity index is 1010. The molecule has 1 aliphatic heterocycles. The molecule has 8 heteroatoms. The third-order valence-corrected chi connectivity index (χ3v) is 5.06. The maximum absolute atomic E-state index is 12.7. The number of nitrogens with one attached hydrogen (secondary N) is 1. The van der Waals surface area contributed by atoms with Gasteiger partial charge in [-0.2, -0.15) is 5.10 Å². The number of amides is 2. The van der Waals surface area contributed by atoms with Gasteiger partial charge in [0.15, 0.2) is 5.82 Å². The van der Waals surface area contributed by atoms with Gasteiger partial charge in [0.1, 0.15) is 11.6 Å². The molecule has 3 aromatic rings. The first-order valence-corrected chi connectivity index (χ1v) is 9.73. The Morgan fingerprint density at radius 2 is 1.76 bits per heavy atom. The smallest absolute Gasteiger partial charge is 0.321 e. The van der Waals surface area contributed by atoms with Crippen molar-refractivity contribution in [1.82, 2.24) is 24.6 Å². The average molecular weight is 391 g/mol. The molecule has 8 nitrogen and oxygen atoms in total. The number of rotatable bonds is 3. The third-order valence-electron chi connectivity index (χ3n) is 5.06. The number of urea groups is 1. The fourth-order valence-electron chi connectivity index (χ4n) is 3.51. The number of carbonyl (C=O) groups excluding carboxylic acids is 1. The zero-order valence-electron chi connectivity index (χ0n) is 17.0. The predicted octanol–water partition coefficient (Wildman–Crippen LogP) is 2.94. The molecule has 0 radical (unpaired) electrons. The van der Waals surface area contributed by atoms with E-state index in [4.69, 9.17) is 0 Å². The molecule has 29 heavy (non-hydrogen) atoms. The van der Waals surface area contributed by atoms with Gasteiger partial charge in [0.2, 0.25) is 0 Å². The third kappa shape index (κ3) is 4.21. The van der Waals surface area contributed by atoms with Crippen molar-refractivity contribution in [3.63, 3.8) is 0 Å². The molecule has 3 heterocycles. The SMILES string of the molecule is Cc1ccc(NC(=O)N2CCN(c3cc(-n4cccn4)nc(C)n3)CC2)c(C)c1. The number of aryl methyl sites for hydroxylation is 3. The maximum Gasteiger partial charge on any atom is 0.321 e. The number of piperazine rings is 1. The number of benzene rings is 1. The van der Waals surface area contributed by atoms with Crippen LogP contribution in [-0.2, 0) is 0 Å². The maximum atomic E-state index is 12.7. The fraction of sp³-hybridized carbons (Fsp3) is 0.333. The molecule has 0 saturated carbocycles. The minimum absolute atomic E-state index is 0.0623. The number of hydrogen-bond donors (Lipinski definition) is 1. The number of hydrogen-bond acceptors (Lipinski definition) is 5. The van der Waals surface area contributed by atoms with Crippen LogP contribution < -0.4 is 10.2 Å². The molecule has 1 saturated heterocycles. The van der Waals surface area contributed by atoms with Crippen LogP contribution in [0.25, 0.3) is 5.82 Å². The van der Waals surface area contributed by atoms with Gasteiger partial charge in [-0.05, 0) is 38.5 Å². The van der Waals surface area contributed by atoms with Gasteiger partial charge in [-0.15, -0.1) is 0 Å². The van der Waals surface area contributed by atoms with Crippen LogP contribution in [0.15, 0.2) is 42.7 Å².